The van der Waals surface area contributed by atoms with Crippen LogP contribution in [-0.2, 0) is 6.54 Å². The molecule has 0 radical (unpaired) electrons. The molecule has 0 aliphatic rings. The maximum absolute atomic E-state index is 11.9. The van der Waals surface area contributed by atoms with E-state index in [2.05, 4.69) is 20.7 Å². The molecular weight excluding hydrogens is 318 g/mol. The largest absolute Gasteiger partial charge is 0.395 e. The average molecular weight is 337 g/mol. The van der Waals surface area contributed by atoms with Gasteiger partial charge in [0.2, 0.25) is 0 Å². The Labute approximate surface area is 145 Å². The van der Waals surface area contributed by atoms with E-state index in [9.17, 15) is 4.79 Å². The summed E-state index contributed by atoms with van der Waals surface area (Å²) in [5, 5.41) is 19.0. The number of aliphatic hydroxyl groups excluding tert-OH is 1. The van der Waals surface area contributed by atoms with Crippen molar-refractivity contribution in [2.75, 3.05) is 18.5 Å². The molecule has 1 aromatic heterocycles. The van der Waals surface area contributed by atoms with E-state index in [1.165, 1.54) is 0 Å². The van der Waals surface area contributed by atoms with Crippen molar-refractivity contribution in [1.82, 2.24) is 20.1 Å². The fourth-order valence-electron chi connectivity index (χ4n) is 2.31. The Morgan fingerprint density at radius 2 is 1.96 bits per heavy atom. The molecule has 0 unspecified atom stereocenters. The predicted octanol–water partition coefficient (Wildman–Crippen LogP) is 1.60. The second kappa shape index (κ2) is 8.07. The molecule has 7 heteroatoms. The highest BCUT2D eigenvalue weighted by atomic mass is 16.3. The molecule has 0 saturated carbocycles. The highest BCUT2D eigenvalue weighted by Crippen LogP contribution is 2.12. The molecule has 0 spiro atoms. The SMILES string of the molecule is O=C(NCCO)c1cccc(NCc2ncn(-c3ccccc3)n2)c1. The number of hydrogen-bond acceptors (Lipinski definition) is 5. The van der Waals surface area contributed by atoms with Gasteiger partial charge in [0.05, 0.1) is 18.8 Å². The summed E-state index contributed by atoms with van der Waals surface area (Å²) in [5.74, 6) is 0.433. The minimum atomic E-state index is -0.218. The Hall–Kier alpha value is -3.19. The van der Waals surface area contributed by atoms with Gasteiger partial charge in [-0.25, -0.2) is 9.67 Å². The third kappa shape index (κ3) is 4.42. The van der Waals surface area contributed by atoms with Crippen molar-refractivity contribution in [1.29, 1.82) is 0 Å². The number of aromatic nitrogens is 3. The summed E-state index contributed by atoms with van der Waals surface area (Å²) in [4.78, 5) is 16.2. The summed E-state index contributed by atoms with van der Waals surface area (Å²) in [6, 6.07) is 16.9. The van der Waals surface area contributed by atoms with Crippen LogP contribution in [0, 0.1) is 0 Å². The van der Waals surface area contributed by atoms with Crippen LogP contribution in [0.25, 0.3) is 5.69 Å². The maximum atomic E-state index is 11.9. The van der Waals surface area contributed by atoms with Crippen molar-refractivity contribution in [2.45, 2.75) is 6.54 Å². The topological polar surface area (TPSA) is 92.1 Å². The van der Waals surface area contributed by atoms with Crippen LogP contribution in [0.4, 0.5) is 5.69 Å². The molecule has 0 bridgehead atoms. The summed E-state index contributed by atoms with van der Waals surface area (Å²) in [6.07, 6.45) is 1.67. The van der Waals surface area contributed by atoms with Crippen LogP contribution in [-0.4, -0.2) is 38.9 Å². The van der Waals surface area contributed by atoms with Crippen LogP contribution in [0.1, 0.15) is 16.2 Å². The first-order valence-electron chi connectivity index (χ1n) is 7.95. The zero-order valence-electron chi connectivity index (χ0n) is 13.6. The van der Waals surface area contributed by atoms with Crippen LogP contribution in [0.15, 0.2) is 60.9 Å². The minimum Gasteiger partial charge on any atom is -0.395 e. The van der Waals surface area contributed by atoms with E-state index in [0.29, 0.717) is 17.9 Å². The van der Waals surface area contributed by atoms with Crippen LogP contribution in [0.3, 0.4) is 0 Å². The molecule has 3 N–H and O–H groups in total. The summed E-state index contributed by atoms with van der Waals surface area (Å²) in [7, 11) is 0. The predicted molar refractivity (Wildman–Crippen MR) is 94.5 cm³/mol. The van der Waals surface area contributed by atoms with Crippen LogP contribution < -0.4 is 10.6 Å². The number of amides is 1. The van der Waals surface area contributed by atoms with Gasteiger partial charge in [0.15, 0.2) is 5.82 Å². The molecule has 25 heavy (non-hydrogen) atoms. The van der Waals surface area contributed by atoms with Gasteiger partial charge in [-0.1, -0.05) is 24.3 Å². The normalized spacial score (nSPS) is 10.4. The third-order valence-electron chi connectivity index (χ3n) is 3.53. The van der Waals surface area contributed by atoms with Gasteiger partial charge in [-0.3, -0.25) is 4.79 Å². The number of anilines is 1. The molecular formula is C18H19N5O2. The zero-order valence-corrected chi connectivity index (χ0v) is 13.6. The van der Waals surface area contributed by atoms with Crippen molar-refractivity contribution >= 4 is 11.6 Å². The Kier molecular flexibility index (Phi) is 5.38. The Balaban J connectivity index is 1.62. The lowest BCUT2D eigenvalue weighted by Gasteiger charge is -2.07. The van der Waals surface area contributed by atoms with Gasteiger partial charge in [-0.15, -0.1) is 5.10 Å². The zero-order chi connectivity index (χ0) is 17.5. The number of nitrogens with one attached hydrogen (secondary N) is 2. The fraction of sp³-hybridized carbons (Fsp3) is 0.167. The number of nitrogens with zero attached hydrogens (tertiary/aromatic N) is 3. The van der Waals surface area contributed by atoms with E-state index < -0.39 is 0 Å². The molecule has 0 fully saturated rings. The van der Waals surface area contributed by atoms with E-state index in [0.717, 1.165) is 11.4 Å². The number of rotatable bonds is 7. The van der Waals surface area contributed by atoms with Crippen LogP contribution in [0.5, 0.6) is 0 Å². The molecule has 3 rings (SSSR count). The monoisotopic (exact) mass is 337 g/mol. The van der Waals surface area contributed by atoms with Crippen molar-refractivity contribution in [3.8, 4) is 5.69 Å². The van der Waals surface area contributed by atoms with Crippen LogP contribution in [0.2, 0.25) is 0 Å². The summed E-state index contributed by atoms with van der Waals surface area (Å²) in [6.45, 7) is 0.596. The van der Waals surface area contributed by atoms with Crippen molar-refractivity contribution in [2.24, 2.45) is 0 Å². The highest BCUT2D eigenvalue weighted by molar-refractivity contribution is 5.95. The van der Waals surface area contributed by atoms with Crippen molar-refractivity contribution in [3.63, 3.8) is 0 Å². The van der Waals surface area contributed by atoms with Gasteiger partial charge in [0.1, 0.15) is 6.33 Å². The molecule has 0 atom stereocenters. The maximum Gasteiger partial charge on any atom is 0.251 e. The summed E-state index contributed by atoms with van der Waals surface area (Å²) >= 11 is 0. The van der Waals surface area contributed by atoms with Gasteiger partial charge in [-0.2, -0.15) is 0 Å². The third-order valence-corrected chi connectivity index (χ3v) is 3.53. The fourth-order valence-corrected chi connectivity index (χ4v) is 2.31. The molecule has 1 amide bonds. The number of para-hydroxylation sites is 1. The van der Waals surface area contributed by atoms with E-state index >= 15 is 0 Å². The smallest absolute Gasteiger partial charge is 0.251 e. The number of benzene rings is 2. The molecule has 0 aliphatic heterocycles. The average Bonchev–Trinajstić information content (AvgIpc) is 3.14. The van der Waals surface area contributed by atoms with Gasteiger partial charge < -0.3 is 15.7 Å². The van der Waals surface area contributed by atoms with Crippen LogP contribution >= 0.6 is 0 Å². The lowest BCUT2D eigenvalue weighted by atomic mass is 10.2. The molecule has 1 heterocycles. The first-order chi connectivity index (χ1) is 12.3. The summed E-state index contributed by atoms with van der Waals surface area (Å²) < 4.78 is 1.72. The Morgan fingerprint density at radius 3 is 2.76 bits per heavy atom. The van der Waals surface area contributed by atoms with E-state index in [4.69, 9.17) is 5.11 Å². The van der Waals surface area contributed by atoms with Crippen molar-refractivity contribution < 1.29 is 9.90 Å². The Morgan fingerprint density at radius 1 is 1.12 bits per heavy atom. The van der Waals surface area contributed by atoms with E-state index in [1.54, 1.807) is 29.2 Å². The van der Waals surface area contributed by atoms with Gasteiger partial charge in [0.25, 0.3) is 5.91 Å². The number of carbonyl (C=O) groups is 1. The first kappa shape index (κ1) is 16.7. The van der Waals surface area contributed by atoms with Gasteiger partial charge in [0, 0.05) is 17.8 Å². The minimum absolute atomic E-state index is 0.0839. The van der Waals surface area contributed by atoms with Gasteiger partial charge >= 0.3 is 0 Å². The molecule has 2 aromatic carbocycles. The lowest BCUT2D eigenvalue weighted by molar-refractivity contribution is 0.0945. The number of hydrogen-bond donors (Lipinski definition) is 3. The molecule has 0 saturated heterocycles. The second-order valence-corrected chi connectivity index (χ2v) is 5.35. The second-order valence-electron chi connectivity index (χ2n) is 5.35. The quantitative estimate of drug-likeness (QED) is 0.609. The number of carbonyl (C=O) groups excluding carboxylic acids is 1. The standard InChI is InChI=1S/C18H19N5O2/c24-10-9-19-18(25)14-5-4-6-15(11-14)20-12-17-21-13-23(22-17)16-7-2-1-3-8-16/h1-8,11,13,20,24H,9-10,12H2,(H,19,25). The highest BCUT2D eigenvalue weighted by Gasteiger charge is 2.06. The van der Waals surface area contributed by atoms with Crippen molar-refractivity contribution in [3.05, 3.63) is 72.3 Å². The van der Waals surface area contributed by atoms with E-state index in [1.807, 2.05) is 36.4 Å². The molecule has 7 nitrogen and oxygen atoms in total. The van der Waals surface area contributed by atoms with Gasteiger partial charge in [-0.05, 0) is 30.3 Å². The first-order valence-corrected chi connectivity index (χ1v) is 7.95. The van der Waals surface area contributed by atoms with E-state index in [-0.39, 0.29) is 19.1 Å². The molecule has 0 aliphatic carbocycles. The summed E-state index contributed by atoms with van der Waals surface area (Å²) in [5.41, 5.74) is 2.28. The Bertz CT molecular complexity index is 832. The molecule has 3 aromatic rings. The molecule has 128 valence electrons. The number of aliphatic hydroxyl groups is 1. The lowest BCUT2D eigenvalue weighted by Crippen LogP contribution is -2.26.